The fourth-order valence-corrected chi connectivity index (χ4v) is 3.06. The molecule has 0 radical (unpaired) electrons. The van der Waals surface area contributed by atoms with Gasteiger partial charge in [0.2, 0.25) is 5.91 Å². The zero-order valence-corrected chi connectivity index (χ0v) is 12.2. The van der Waals surface area contributed by atoms with Gasteiger partial charge < -0.3 is 11.1 Å². The smallest absolute Gasteiger partial charge is 0.224 e. The molecule has 0 unspecified atom stereocenters. The monoisotopic (exact) mass is 274 g/mol. The lowest BCUT2D eigenvalue weighted by Gasteiger charge is -2.21. The van der Waals surface area contributed by atoms with E-state index in [2.05, 4.69) is 5.32 Å². The summed E-state index contributed by atoms with van der Waals surface area (Å²) in [7, 11) is 0. The third-order valence-corrected chi connectivity index (χ3v) is 4.29. The molecular weight excluding hydrogens is 248 g/mol. The molecule has 1 aromatic rings. The Bertz CT molecular complexity index is 425. The predicted molar refractivity (Wildman–Crippen MR) is 82.2 cm³/mol. The van der Waals surface area contributed by atoms with Gasteiger partial charge in [-0.3, -0.25) is 4.79 Å². The molecular formula is C17H26N2O. The summed E-state index contributed by atoms with van der Waals surface area (Å²) in [6, 6.07) is 7.91. The predicted octanol–water partition coefficient (Wildman–Crippen LogP) is 2.77. The molecule has 0 aliphatic heterocycles. The normalized spacial score (nSPS) is 16.1. The Morgan fingerprint density at radius 3 is 2.55 bits per heavy atom. The van der Waals surface area contributed by atoms with Crippen LogP contribution in [0.15, 0.2) is 24.3 Å². The molecule has 3 heteroatoms. The molecule has 0 bridgehead atoms. The van der Waals surface area contributed by atoms with Crippen molar-refractivity contribution in [2.45, 2.75) is 51.5 Å². The second-order valence-corrected chi connectivity index (χ2v) is 5.79. The molecule has 2 rings (SSSR count). The molecule has 0 aromatic heterocycles. The second-order valence-electron chi connectivity index (χ2n) is 5.79. The molecule has 20 heavy (non-hydrogen) atoms. The standard InChI is InChI=1S/C17H26N2O/c18-13-16-9-5-4-8-15(16)12-17(20)19-11-10-14-6-2-1-3-7-14/h4-5,8-9,14H,1-3,6-7,10-13,18H2,(H,19,20). The number of amides is 1. The minimum absolute atomic E-state index is 0.113. The maximum atomic E-state index is 12.0. The summed E-state index contributed by atoms with van der Waals surface area (Å²) in [6.07, 6.45) is 8.36. The van der Waals surface area contributed by atoms with Gasteiger partial charge in [0.25, 0.3) is 0 Å². The zero-order chi connectivity index (χ0) is 14.2. The van der Waals surface area contributed by atoms with Crippen LogP contribution in [0.4, 0.5) is 0 Å². The van der Waals surface area contributed by atoms with Gasteiger partial charge in [-0.1, -0.05) is 56.4 Å². The molecule has 1 amide bonds. The van der Waals surface area contributed by atoms with Gasteiger partial charge in [-0.2, -0.15) is 0 Å². The molecule has 0 spiro atoms. The van der Waals surface area contributed by atoms with Gasteiger partial charge in [-0.05, 0) is 23.5 Å². The van der Waals surface area contributed by atoms with Crippen molar-refractivity contribution in [3.05, 3.63) is 35.4 Å². The molecule has 0 saturated heterocycles. The number of hydrogen-bond donors (Lipinski definition) is 2. The highest BCUT2D eigenvalue weighted by atomic mass is 16.1. The largest absolute Gasteiger partial charge is 0.356 e. The van der Waals surface area contributed by atoms with Crippen molar-refractivity contribution >= 4 is 5.91 Å². The third-order valence-electron chi connectivity index (χ3n) is 4.29. The van der Waals surface area contributed by atoms with Crippen molar-refractivity contribution < 1.29 is 4.79 Å². The summed E-state index contributed by atoms with van der Waals surface area (Å²) in [4.78, 5) is 12.0. The summed E-state index contributed by atoms with van der Waals surface area (Å²) in [5.74, 6) is 0.932. The average molecular weight is 274 g/mol. The van der Waals surface area contributed by atoms with E-state index in [1.807, 2.05) is 24.3 Å². The van der Waals surface area contributed by atoms with Gasteiger partial charge in [0.15, 0.2) is 0 Å². The Labute approximate surface area is 121 Å². The van der Waals surface area contributed by atoms with Gasteiger partial charge in [-0.25, -0.2) is 0 Å². The number of nitrogens with two attached hydrogens (primary N) is 1. The summed E-state index contributed by atoms with van der Waals surface area (Å²) < 4.78 is 0. The summed E-state index contributed by atoms with van der Waals surface area (Å²) in [5.41, 5.74) is 7.80. The number of nitrogens with one attached hydrogen (secondary N) is 1. The number of carbonyl (C=O) groups excluding carboxylic acids is 1. The van der Waals surface area contributed by atoms with Crippen LogP contribution in [0, 0.1) is 5.92 Å². The molecule has 1 fully saturated rings. The highest BCUT2D eigenvalue weighted by Crippen LogP contribution is 2.25. The van der Waals surface area contributed by atoms with Crippen molar-refractivity contribution in [2.75, 3.05) is 6.54 Å². The number of rotatable bonds is 6. The van der Waals surface area contributed by atoms with Gasteiger partial charge >= 0.3 is 0 Å². The van der Waals surface area contributed by atoms with E-state index in [-0.39, 0.29) is 5.91 Å². The summed E-state index contributed by atoms with van der Waals surface area (Å²) >= 11 is 0. The Morgan fingerprint density at radius 2 is 1.85 bits per heavy atom. The molecule has 3 nitrogen and oxygen atoms in total. The van der Waals surface area contributed by atoms with Crippen molar-refractivity contribution in [1.82, 2.24) is 5.32 Å². The molecule has 0 atom stereocenters. The van der Waals surface area contributed by atoms with E-state index in [9.17, 15) is 4.79 Å². The van der Waals surface area contributed by atoms with E-state index in [1.54, 1.807) is 0 Å². The van der Waals surface area contributed by atoms with Crippen LogP contribution in [0.2, 0.25) is 0 Å². The molecule has 1 aliphatic rings. The molecule has 1 aromatic carbocycles. The fraction of sp³-hybridized carbons (Fsp3) is 0.588. The van der Waals surface area contributed by atoms with Crippen LogP contribution in [-0.2, 0) is 17.8 Å². The first kappa shape index (κ1) is 15.0. The molecule has 110 valence electrons. The van der Waals surface area contributed by atoms with Gasteiger partial charge in [0, 0.05) is 13.1 Å². The lowest BCUT2D eigenvalue weighted by molar-refractivity contribution is -0.120. The first-order chi connectivity index (χ1) is 9.79. The fourth-order valence-electron chi connectivity index (χ4n) is 3.06. The first-order valence-electron chi connectivity index (χ1n) is 7.83. The van der Waals surface area contributed by atoms with Gasteiger partial charge in [0.1, 0.15) is 0 Å². The number of hydrogen-bond acceptors (Lipinski definition) is 2. The molecule has 1 aliphatic carbocycles. The maximum Gasteiger partial charge on any atom is 0.224 e. The average Bonchev–Trinajstić information content (AvgIpc) is 2.49. The highest BCUT2D eigenvalue weighted by molar-refractivity contribution is 5.78. The van der Waals surface area contributed by atoms with Gasteiger partial charge in [0.05, 0.1) is 6.42 Å². The first-order valence-corrected chi connectivity index (χ1v) is 7.83. The van der Waals surface area contributed by atoms with Gasteiger partial charge in [-0.15, -0.1) is 0 Å². The summed E-state index contributed by atoms with van der Waals surface area (Å²) in [5, 5.41) is 3.05. The third kappa shape index (κ3) is 4.64. The van der Waals surface area contributed by atoms with Crippen LogP contribution in [0.25, 0.3) is 0 Å². The zero-order valence-electron chi connectivity index (χ0n) is 12.2. The number of carbonyl (C=O) groups is 1. The SMILES string of the molecule is NCc1ccccc1CC(=O)NCCC1CCCCC1. The van der Waals surface area contributed by atoms with Crippen LogP contribution in [-0.4, -0.2) is 12.5 Å². The van der Waals surface area contributed by atoms with E-state index < -0.39 is 0 Å². The molecule has 3 N–H and O–H groups in total. The summed E-state index contributed by atoms with van der Waals surface area (Å²) in [6.45, 7) is 1.31. The van der Waals surface area contributed by atoms with E-state index >= 15 is 0 Å². The maximum absolute atomic E-state index is 12.0. The van der Waals surface area contributed by atoms with E-state index in [0.717, 1.165) is 30.0 Å². The Hall–Kier alpha value is -1.35. The van der Waals surface area contributed by atoms with Crippen LogP contribution in [0.5, 0.6) is 0 Å². The quantitative estimate of drug-likeness (QED) is 0.838. The lowest BCUT2D eigenvalue weighted by Crippen LogP contribution is -2.28. The minimum Gasteiger partial charge on any atom is -0.356 e. The molecule has 1 saturated carbocycles. The van der Waals surface area contributed by atoms with Crippen LogP contribution < -0.4 is 11.1 Å². The van der Waals surface area contributed by atoms with Crippen molar-refractivity contribution in [1.29, 1.82) is 0 Å². The number of benzene rings is 1. The highest BCUT2D eigenvalue weighted by Gasteiger charge is 2.13. The Morgan fingerprint density at radius 1 is 1.15 bits per heavy atom. The van der Waals surface area contributed by atoms with E-state index in [0.29, 0.717) is 13.0 Å². The van der Waals surface area contributed by atoms with Crippen LogP contribution in [0.1, 0.15) is 49.7 Å². The van der Waals surface area contributed by atoms with Crippen LogP contribution >= 0.6 is 0 Å². The topological polar surface area (TPSA) is 55.1 Å². The van der Waals surface area contributed by atoms with Crippen molar-refractivity contribution in [3.63, 3.8) is 0 Å². The minimum atomic E-state index is 0.113. The van der Waals surface area contributed by atoms with Crippen LogP contribution in [0.3, 0.4) is 0 Å². The van der Waals surface area contributed by atoms with E-state index in [1.165, 1.54) is 32.1 Å². The molecule has 0 heterocycles. The Balaban J connectivity index is 1.72. The second kappa shape index (κ2) is 8.05. The van der Waals surface area contributed by atoms with Crippen molar-refractivity contribution in [3.8, 4) is 0 Å². The lowest BCUT2D eigenvalue weighted by atomic mass is 9.87. The van der Waals surface area contributed by atoms with Crippen molar-refractivity contribution in [2.24, 2.45) is 11.7 Å². The Kier molecular flexibility index (Phi) is 6.06. The van der Waals surface area contributed by atoms with E-state index in [4.69, 9.17) is 5.73 Å².